The van der Waals surface area contributed by atoms with Gasteiger partial charge in [-0.05, 0) is 58.7 Å². The van der Waals surface area contributed by atoms with Crippen molar-refractivity contribution in [3.8, 4) is 11.4 Å². The van der Waals surface area contributed by atoms with Gasteiger partial charge in [-0.25, -0.2) is 14.6 Å². The molecule has 0 bridgehead atoms. The fraction of sp³-hybridized carbons (Fsp3) is 0.348. The molecule has 1 aliphatic carbocycles. The summed E-state index contributed by atoms with van der Waals surface area (Å²) in [5, 5.41) is 11.0. The highest BCUT2D eigenvalue weighted by molar-refractivity contribution is 7.14. The Morgan fingerprint density at radius 1 is 1.19 bits per heavy atom. The SMILES string of the molecule is Cc1nn(C(C)(C)C)c2nc(C3CC3)cc(C(=O)Nc3nc(-c4ccccn4)cs3)c12. The van der Waals surface area contributed by atoms with Gasteiger partial charge in [0.15, 0.2) is 10.8 Å². The summed E-state index contributed by atoms with van der Waals surface area (Å²) >= 11 is 1.39. The lowest BCUT2D eigenvalue weighted by molar-refractivity contribution is 0.102. The first kappa shape index (κ1) is 19.8. The minimum Gasteiger partial charge on any atom is -0.298 e. The summed E-state index contributed by atoms with van der Waals surface area (Å²) in [5.41, 5.74) is 4.44. The van der Waals surface area contributed by atoms with E-state index in [1.807, 2.05) is 41.3 Å². The number of aromatic nitrogens is 5. The van der Waals surface area contributed by atoms with Crippen molar-refractivity contribution < 1.29 is 4.79 Å². The van der Waals surface area contributed by atoms with E-state index in [1.165, 1.54) is 11.3 Å². The van der Waals surface area contributed by atoms with Crippen LogP contribution in [0.25, 0.3) is 22.4 Å². The number of rotatable bonds is 4. The van der Waals surface area contributed by atoms with E-state index in [2.05, 4.69) is 36.1 Å². The number of aryl methyl sites for hydroxylation is 1. The molecule has 0 atom stereocenters. The Kier molecular flexibility index (Phi) is 4.62. The maximum absolute atomic E-state index is 13.4. The van der Waals surface area contributed by atoms with Crippen molar-refractivity contribution in [2.45, 2.75) is 52.0 Å². The number of anilines is 1. The molecule has 0 unspecified atom stereocenters. The van der Waals surface area contributed by atoms with Crippen LogP contribution in [0.5, 0.6) is 0 Å². The normalized spacial score (nSPS) is 14.2. The molecule has 4 aromatic heterocycles. The van der Waals surface area contributed by atoms with Gasteiger partial charge in [-0.2, -0.15) is 5.10 Å². The average Bonchev–Trinajstić information content (AvgIpc) is 3.40. The number of carbonyl (C=O) groups is 1. The van der Waals surface area contributed by atoms with Crippen LogP contribution in [0.4, 0.5) is 5.13 Å². The van der Waals surface area contributed by atoms with Crippen molar-refractivity contribution in [3.05, 3.63) is 52.8 Å². The highest BCUT2D eigenvalue weighted by Crippen LogP contribution is 2.41. The monoisotopic (exact) mass is 432 g/mol. The quantitative estimate of drug-likeness (QED) is 0.482. The number of carbonyl (C=O) groups excluding carboxylic acids is 1. The van der Waals surface area contributed by atoms with Crippen molar-refractivity contribution >= 4 is 33.4 Å². The summed E-state index contributed by atoms with van der Waals surface area (Å²) in [6.45, 7) is 8.22. The topological polar surface area (TPSA) is 85.6 Å². The Morgan fingerprint density at radius 3 is 2.68 bits per heavy atom. The van der Waals surface area contributed by atoms with Gasteiger partial charge in [0.1, 0.15) is 5.69 Å². The van der Waals surface area contributed by atoms with Crippen LogP contribution in [0.3, 0.4) is 0 Å². The number of hydrogen-bond acceptors (Lipinski definition) is 6. The van der Waals surface area contributed by atoms with Crippen LogP contribution in [-0.2, 0) is 5.54 Å². The van der Waals surface area contributed by atoms with Gasteiger partial charge in [-0.1, -0.05) is 6.07 Å². The smallest absolute Gasteiger partial charge is 0.258 e. The predicted molar refractivity (Wildman–Crippen MR) is 123 cm³/mol. The molecule has 7 nitrogen and oxygen atoms in total. The van der Waals surface area contributed by atoms with Gasteiger partial charge in [-0.3, -0.25) is 15.1 Å². The van der Waals surface area contributed by atoms with Crippen molar-refractivity contribution in [2.75, 3.05) is 5.32 Å². The Bertz CT molecular complexity index is 1280. The van der Waals surface area contributed by atoms with Crippen molar-refractivity contribution in [2.24, 2.45) is 0 Å². The van der Waals surface area contributed by atoms with Gasteiger partial charge in [0.2, 0.25) is 0 Å². The fourth-order valence-electron chi connectivity index (χ4n) is 3.67. The van der Waals surface area contributed by atoms with Gasteiger partial charge in [-0.15, -0.1) is 11.3 Å². The lowest BCUT2D eigenvalue weighted by Gasteiger charge is -2.20. The lowest BCUT2D eigenvalue weighted by atomic mass is 10.1. The molecule has 1 amide bonds. The number of pyridine rings is 2. The van der Waals surface area contributed by atoms with Crippen LogP contribution in [0, 0.1) is 6.92 Å². The highest BCUT2D eigenvalue weighted by Gasteiger charge is 2.30. The third kappa shape index (κ3) is 3.72. The van der Waals surface area contributed by atoms with Crippen molar-refractivity contribution in [1.82, 2.24) is 24.7 Å². The second-order valence-corrected chi connectivity index (χ2v) is 9.80. The van der Waals surface area contributed by atoms with E-state index in [0.717, 1.165) is 46.7 Å². The molecular weight excluding hydrogens is 408 g/mol. The molecule has 4 heterocycles. The van der Waals surface area contributed by atoms with Gasteiger partial charge < -0.3 is 0 Å². The maximum atomic E-state index is 13.4. The molecule has 0 saturated heterocycles. The second-order valence-electron chi connectivity index (χ2n) is 8.94. The molecule has 1 fully saturated rings. The van der Waals surface area contributed by atoms with Crippen LogP contribution in [0.1, 0.15) is 61.3 Å². The molecule has 8 heteroatoms. The average molecular weight is 433 g/mol. The Morgan fingerprint density at radius 2 is 2.00 bits per heavy atom. The number of thiazole rings is 1. The van der Waals surface area contributed by atoms with Crippen LogP contribution in [-0.4, -0.2) is 30.6 Å². The lowest BCUT2D eigenvalue weighted by Crippen LogP contribution is -2.23. The van der Waals surface area contributed by atoms with E-state index in [0.29, 0.717) is 16.6 Å². The first-order valence-corrected chi connectivity index (χ1v) is 11.3. The fourth-order valence-corrected chi connectivity index (χ4v) is 4.37. The molecule has 0 spiro atoms. The van der Waals surface area contributed by atoms with E-state index < -0.39 is 0 Å². The molecule has 0 radical (unpaired) electrons. The number of amides is 1. The molecule has 158 valence electrons. The van der Waals surface area contributed by atoms with Gasteiger partial charge in [0.25, 0.3) is 5.91 Å². The Hall–Kier alpha value is -3.13. The third-order valence-electron chi connectivity index (χ3n) is 5.36. The predicted octanol–water partition coefficient (Wildman–Crippen LogP) is 5.14. The summed E-state index contributed by atoms with van der Waals surface area (Å²) in [6.07, 6.45) is 3.96. The molecule has 1 aliphatic rings. The maximum Gasteiger partial charge on any atom is 0.258 e. The van der Waals surface area contributed by atoms with Crippen molar-refractivity contribution in [1.29, 1.82) is 0 Å². The zero-order valence-electron chi connectivity index (χ0n) is 18.0. The van der Waals surface area contributed by atoms with E-state index in [1.54, 1.807) is 6.20 Å². The standard InChI is InChI=1S/C23H24N6OS/c1-13-19-15(11-17(14-8-9-14)25-20(19)29(28-13)23(2,3)4)21(30)27-22-26-18(12-31-22)16-7-5-6-10-24-16/h5-7,10-12,14H,8-9H2,1-4H3,(H,26,27,30). The summed E-state index contributed by atoms with van der Waals surface area (Å²) in [7, 11) is 0. The van der Waals surface area contributed by atoms with E-state index >= 15 is 0 Å². The number of fused-ring (bicyclic) bond motifs is 1. The van der Waals surface area contributed by atoms with Gasteiger partial charge in [0.05, 0.1) is 27.9 Å². The van der Waals surface area contributed by atoms with Crippen LogP contribution in [0.2, 0.25) is 0 Å². The van der Waals surface area contributed by atoms with E-state index in [-0.39, 0.29) is 11.4 Å². The molecule has 5 rings (SSSR count). The molecule has 1 N–H and O–H groups in total. The number of nitrogens with one attached hydrogen (secondary N) is 1. The zero-order chi connectivity index (χ0) is 21.8. The molecule has 31 heavy (non-hydrogen) atoms. The number of hydrogen-bond donors (Lipinski definition) is 1. The summed E-state index contributed by atoms with van der Waals surface area (Å²) in [4.78, 5) is 27.2. The molecule has 4 aromatic rings. The summed E-state index contributed by atoms with van der Waals surface area (Å²) in [6, 6.07) is 7.62. The van der Waals surface area contributed by atoms with Gasteiger partial charge in [0, 0.05) is 23.2 Å². The third-order valence-corrected chi connectivity index (χ3v) is 6.12. The van der Waals surface area contributed by atoms with E-state index in [4.69, 9.17) is 10.1 Å². The number of nitrogens with zero attached hydrogens (tertiary/aromatic N) is 5. The molecule has 0 aromatic carbocycles. The Labute approximate surface area is 184 Å². The highest BCUT2D eigenvalue weighted by atomic mass is 32.1. The van der Waals surface area contributed by atoms with Gasteiger partial charge >= 0.3 is 0 Å². The van der Waals surface area contributed by atoms with Crippen LogP contribution >= 0.6 is 11.3 Å². The minimum atomic E-state index is -0.234. The van der Waals surface area contributed by atoms with Crippen LogP contribution < -0.4 is 5.32 Å². The zero-order valence-corrected chi connectivity index (χ0v) is 18.8. The summed E-state index contributed by atoms with van der Waals surface area (Å²) < 4.78 is 1.93. The molecular formula is C23H24N6OS. The first-order chi connectivity index (χ1) is 14.8. The Balaban J connectivity index is 1.54. The largest absolute Gasteiger partial charge is 0.298 e. The summed E-state index contributed by atoms with van der Waals surface area (Å²) in [5.74, 6) is 0.239. The van der Waals surface area contributed by atoms with Crippen LogP contribution in [0.15, 0.2) is 35.8 Å². The van der Waals surface area contributed by atoms with Crippen molar-refractivity contribution in [3.63, 3.8) is 0 Å². The second kappa shape index (κ2) is 7.23. The van der Waals surface area contributed by atoms with E-state index in [9.17, 15) is 4.79 Å². The first-order valence-electron chi connectivity index (χ1n) is 10.4. The minimum absolute atomic E-state index is 0.187. The molecule has 1 saturated carbocycles. The molecule has 0 aliphatic heterocycles.